The van der Waals surface area contributed by atoms with Crippen LogP contribution in [0.4, 0.5) is 0 Å². The maximum absolute atomic E-state index is 10.5. The van der Waals surface area contributed by atoms with Gasteiger partial charge in [0.1, 0.15) is 0 Å². The van der Waals surface area contributed by atoms with Crippen molar-refractivity contribution in [2.45, 2.75) is 12.8 Å². The number of halogens is 1. The molecule has 2 N–H and O–H groups in total. The summed E-state index contributed by atoms with van der Waals surface area (Å²) >= 11 is 3.33. The predicted octanol–water partition coefficient (Wildman–Crippen LogP) is 2.56. The molecule has 0 radical (unpaired) electrons. The van der Waals surface area contributed by atoms with Crippen LogP contribution in [0.3, 0.4) is 0 Å². The molecule has 0 aliphatic rings. The fraction of sp³-hybridized carbons (Fsp3) is 0.167. The molecule has 17 heavy (non-hydrogen) atoms. The van der Waals surface area contributed by atoms with Crippen molar-refractivity contribution in [3.05, 3.63) is 39.9 Å². The van der Waals surface area contributed by atoms with Crippen LogP contribution in [0.5, 0.6) is 0 Å². The first-order valence-corrected chi connectivity index (χ1v) is 5.69. The zero-order valence-corrected chi connectivity index (χ0v) is 10.5. The predicted molar refractivity (Wildman–Crippen MR) is 66.8 cm³/mol. The molecule has 1 rings (SSSR count). The van der Waals surface area contributed by atoms with Gasteiger partial charge in [0.05, 0.1) is 0 Å². The van der Waals surface area contributed by atoms with Crippen LogP contribution in [0.1, 0.15) is 17.5 Å². The van der Waals surface area contributed by atoms with E-state index in [2.05, 4.69) is 15.9 Å². The van der Waals surface area contributed by atoms with Crippen molar-refractivity contribution in [1.29, 1.82) is 0 Å². The molecule has 0 spiro atoms. The van der Waals surface area contributed by atoms with E-state index in [1.54, 1.807) is 18.2 Å². The smallest absolute Gasteiger partial charge is 0.328 e. The number of hydrogen-bond acceptors (Lipinski definition) is 2. The summed E-state index contributed by atoms with van der Waals surface area (Å²) in [5.41, 5.74) is 1.58. The highest BCUT2D eigenvalue weighted by molar-refractivity contribution is 9.10. The molecule has 0 bridgehead atoms. The van der Waals surface area contributed by atoms with E-state index in [1.807, 2.05) is 0 Å². The number of benzene rings is 1. The van der Waals surface area contributed by atoms with E-state index in [9.17, 15) is 9.59 Å². The highest BCUT2D eigenvalue weighted by atomic mass is 79.9. The molecule has 0 atom stereocenters. The third-order valence-corrected chi connectivity index (χ3v) is 2.87. The highest BCUT2D eigenvalue weighted by Crippen LogP contribution is 2.20. The van der Waals surface area contributed by atoms with E-state index in [0.717, 1.165) is 21.7 Å². The molecule has 0 aromatic heterocycles. The summed E-state index contributed by atoms with van der Waals surface area (Å²) in [6, 6.07) is 5.30. The average Bonchev–Trinajstić information content (AvgIpc) is 2.26. The van der Waals surface area contributed by atoms with Gasteiger partial charge in [0.15, 0.2) is 0 Å². The van der Waals surface area contributed by atoms with Gasteiger partial charge >= 0.3 is 11.9 Å². The molecule has 1 aromatic carbocycles. The molecule has 5 heteroatoms. The maximum Gasteiger partial charge on any atom is 0.328 e. The van der Waals surface area contributed by atoms with Crippen molar-refractivity contribution in [2.75, 3.05) is 0 Å². The lowest BCUT2D eigenvalue weighted by molar-refractivity contribution is -0.137. The first kappa shape index (κ1) is 13.4. The number of carboxylic acids is 2. The van der Waals surface area contributed by atoms with Crippen molar-refractivity contribution < 1.29 is 19.8 Å². The van der Waals surface area contributed by atoms with Crippen LogP contribution in [0, 0.1) is 0 Å². The third-order valence-electron chi connectivity index (χ3n) is 2.10. The van der Waals surface area contributed by atoms with Crippen molar-refractivity contribution in [3.63, 3.8) is 0 Å². The summed E-state index contributed by atoms with van der Waals surface area (Å²) in [6.07, 6.45) is 2.97. The summed E-state index contributed by atoms with van der Waals surface area (Å²) in [7, 11) is 0. The molecule has 0 heterocycles. The zero-order chi connectivity index (χ0) is 12.8. The minimum Gasteiger partial charge on any atom is -0.481 e. The van der Waals surface area contributed by atoms with E-state index in [1.165, 1.54) is 6.08 Å². The normalized spacial score (nSPS) is 10.6. The van der Waals surface area contributed by atoms with Gasteiger partial charge in [-0.05, 0) is 29.7 Å². The second-order valence-electron chi connectivity index (χ2n) is 3.42. The minimum atomic E-state index is -1.01. The Labute approximate surface area is 107 Å². The van der Waals surface area contributed by atoms with E-state index in [0.29, 0.717) is 6.42 Å². The van der Waals surface area contributed by atoms with Crippen LogP contribution in [0.15, 0.2) is 28.7 Å². The first-order valence-electron chi connectivity index (χ1n) is 4.90. The molecule has 0 aliphatic heterocycles. The Morgan fingerprint density at radius 1 is 1.29 bits per heavy atom. The van der Waals surface area contributed by atoms with E-state index < -0.39 is 11.9 Å². The Balaban J connectivity index is 2.86. The monoisotopic (exact) mass is 298 g/mol. The average molecular weight is 299 g/mol. The molecule has 4 nitrogen and oxygen atoms in total. The van der Waals surface area contributed by atoms with Gasteiger partial charge in [0.2, 0.25) is 0 Å². The van der Waals surface area contributed by atoms with Crippen molar-refractivity contribution in [3.8, 4) is 0 Å². The van der Waals surface area contributed by atoms with Crippen molar-refractivity contribution in [1.82, 2.24) is 0 Å². The number of aryl methyl sites for hydroxylation is 1. The molecule has 0 fully saturated rings. The summed E-state index contributed by atoms with van der Waals surface area (Å²) in [4.78, 5) is 20.8. The van der Waals surface area contributed by atoms with Crippen LogP contribution in [0.2, 0.25) is 0 Å². The Bertz CT molecular complexity index is 466. The molecule has 0 unspecified atom stereocenters. The van der Waals surface area contributed by atoms with Gasteiger partial charge in [-0.25, -0.2) is 4.79 Å². The van der Waals surface area contributed by atoms with Gasteiger partial charge in [0, 0.05) is 17.0 Å². The van der Waals surface area contributed by atoms with Gasteiger partial charge in [0.25, 0.3) is 0 Å². The van der Waals surface area contributed by atoms with Crippen LogP contribution in [-0.4, -0.2) is 22.2 Å². The topological polar surface area (TPSA) is 74.6 Å². The third kappa shape index (κ3) is 4.82. The Morgan fingerprint density at radius 3 is 2.59 bits per heavy atom. The SMILES string of the molecule is O=C(O)/C=C/c1ccc(Br)c(CCC(=O)O)c1. The maximum atomic E-state index is 10.5. The van der Waals surface area contributed by atoms with Crippen LogP contribution in [-0.2, 0) is 16.0 Å². The molecule has 0 aliphatic carbocycles. The summed E-state index contributed by atoms with van der Waals surface area (Å²) in [6.45, 7) is 0. The standard InChI is InChI=1S/C12H11BrO4/c13-10-4-1-8(2-5-11(14)15)7-9(10)3-6-12(16)17/h1-2,4-5,7H,3,6H2,(H,14,15)(H,16,17)/b5-2+. The van der Waals surface area contributed by atoms with Gasteiger partial charge in [-0.15, -0.1) is 0 Å². The second-order valence-corrected chi connectivity index (χ2v) is 4.27. The second kappa shape index (κ2) is 6.20. The van der Waals surface area contributed by atoms with Gasteiger partial charge in [-0.3, -0.25) is 4.79 Å². The van der Waals surface area contributed by atoms with E-state index in [-0.39, 0.29) is 6.42 Å². The lowest BCUT2D eigenvalue weighted by Crippen LogP contribution is -1.98. The quantitative estimate of drug-likeness (QED) is 0.819. The van der Waals surface area contributed by atoms with Gasteiger partial charge in [-0.1, -0.05) is 28.1 Å². The van der Waals surface area contributed by atoms with Crippen molar-refractivity contribution >= 4 is 33.9 Å². The van der Waals surface area contributed by atoms with E-state index >= 15 is 0 Å². The number of hydrogen-bond donors (Lipinski definition) is 2. The largest absolute Gasteiger partial charge is 0.481 e. The Kier molecular flexibility index (Phi) is 4.90. The number of rotatable bonds is 5. The lowest BCUT2D eigenvalue weighted by Gasteiger charge is -2.04. The zero-order valence-electron chi connectivity index (χ0n) is 8.89. The first-order chi connectivity index (χ1) is 7.99. The van der Waals surface area contributed by atoms with Gasteiger partial charge < -0.3 is 10.2 Å². The minimum absolute atomic E-state index is 0.0463. The molecule has 90 valence electrons. The molecule has 0 saturated carbocycles. The molecule has 0 saturated heterocycles. The Morgan fingerprint density at radius 2 is 2.00 bits per heavy atom. The number of aliphatic carboxylic acids is 2. The molecular formula is C12H11BrO4. The number of carboxylic acid groups (broad SMARTS) is 2. The summed E-state index contributed by atoms with van der Waals surface area (Å²) in [5.74, 6) is -1.87. The molecular weight excluding hydrogens is 288 g/mol. The van der Waals surface area contributed by atoms with Gasteiger partial charge in [-0.2, -0.15) is 0 Å². The fourth-order valence-electron chi connectivity index (χ4n) is 1.30. The summed E-state index contributed by atoms with van der Waals surface area (Å²) < 4.78 is 0.825. The Hall–Kier alpha value is -1.62. The summed E-state index contributed by atoms with van der Waals surface area (Å²) in [5, 5.41) is 17.1. The van der Waals surface area contributed by atoms with Crippen LogP contribution in [0.25, 0.3) is 6.08 Å². The molecule has 0 amide bonds. The van der Waals surface area contributed by atoms with E-state index in [4.69, 9.17) is 10.2 Å². The van der Waals surface area contributed by atoms with Crippen LogP contribution < -0.4 is 0 Å². The molecule has 1 aromatic rings. The van der Waals surface area contributed by atoms with Crippen LogP contribution >= 0.6 is 15.9 Å². The highest BCUT2D eigenvalue weighted by Gasteiger charge is 2.04. The lowest BCUT2D eigenvalue weighted by atomic mass is 10.1. The van der Waals surface area contributed by atoms with Crippen molar-refractivity contribution in [2.24, 2.45) is 0 Å². The fourth-order valence-corrected chi connectivity index (χ4v) is 1.74. The number of carbonyl (C=O) groups is 2.